The first-order chi connectivity index (χ1) is 52.6. The molecule has 4 aliphatic heterocycles. The molecule has 16 aromatic carbocycles. The van der Waals surface area contributed by atoms with Gasteiger partial charge >= 0.3 is 0 Å². The Morgan fingerprint density at radius 1 is 0.274 bits per heavy atom. The molecule has 2 aromatic heterocycles. The summed E-state index contributed by atoms with van der Waals surface area (Å²) in [5, 5.41) is 4.94. The van der Waals surface area contributed by atoms with Gasteiger partial charge in [0, 0.05) is 116 Å². The smallest absolute Gasteiger partial charge is 0.256 e. The molecular formula is C96H61B2N5OS2. The molecule has 106 heavy (non-hydrogen) atoms. The Labute approximate surface area is 623 Å². The summed E-state index contributed by atoms with van der Waals surface area (Å²) in [5.41, 5.74) is 27.6. The highest BCUT2D eigenvalue weighted by atomic mass is 32.1. The van der Waals surface area contributed by atoms with Crippen LogP contribution >= 0.6 is 22.7 Å². The number of hydrogen-bond donors (Lipinski definition) is 0. The van der Waals surface area contributed by atoms with Gasteiger partial charge in [0.1, 0.15) is 11.5 Å². The number of nitrogens with zero attached hydrogens (tertiary/aromatic N) is 5. The number of rotatable bonds is 11. The van der Waals surface area contributed by atoms with Crippen LogP contribution in [-0.4, -0.2) is 13.4 Å². The molecule has 494 valence electrons. The van der Waals surface area contributed by atoms with Crippen LogP contribution in [0.5, 0.6) is 11.5 Å². The third-order valence-corrected chi connectivity index (χ3v) is 24.3. The van der Waals surface area contributed by atoms with E-state index in [4.69, 9.17) is 4.74 Å². The Hall–Kier alpha value is -13.1. The number of thiophene rings is 2. The molecule has 0 N–H and O–H groups in total. The van der Waals surface area contributed by atoms with Crippen molar-refractivity contribution in [2.75, 3.05) is 24.5 Å². The van der Waals surface area contributed by atoms with Gasteiger partial charge in [-0.1, -0.05) is 249 Å². The molecule has 0 bridgehead atoms. The Balaban J connectivity index is 0.862. The van der Waals surface area contributed by atoms with Gasteiger partial charge in [-0.25, -0.2) is 0 Å². The first kappa shape index (κ1) is 60.5. The van der Waals surface area contributed by atoms with Crippen molar-refractivity contribution >= 4 is 195 Å². The van der Waals surface area contributed by atoms with Gasteiger partial charge in [0.25, 0.3) is 13.4 Å². The van der Waals surface area contributed by atoms with Crippen molar-refractivity contribution in [1.29, 1.82) is 0 Å². The van der Waals surface area contributed by atoms with Gasteiger partial charge in [0.05, 0.1) is 33.1 Å². The number of hydrogen-bond acceptors (Lipinski definition) is 8. The average molecular weight is 1390 g/mol. The van der Waals surface area contributed by atoms with Crippen LogP contribution in [0.25, 0.3) is 62.6 Å². The number of para-hydroxylation sites is 7. The quantitative estimate of drug-likeness (QED) is 0.120. The van der Waals surface area contributed by atoms with Crippen molar-refractivity contribution in [3.63, 3.8) is 0 Å². The van der Waals surface area contributed by atoms with E-state index < -0.39 is 0 Å². The van der Waals surface area contributed by atoms with E-state index in [2.05, 4.69) is 395 Å². The number of ether oxygens (including phenoxy) is 1. The standard InChI is InChI=1S/C96H61B2N5OS2/c1-7-30-62(31-8-1)70-44-27-45-71(63-32-9-2-10-33-63)95(70)103-83-61-87-78(98-76-48-22-24-50-80(76)102(67-40-17-6-18-41-67)86-58-69(59-88(104-87)94(86)98)99(64-34-11-3-12-35-64)81-51-29-55-91-92(81)74-43-20-26-54-90(74)105-91)60-77(83)97-75-47-21-23-49-79(75)101(66-38-15-5-16-39-66)84-56-68(57-85(103)93(84)97)100(65-36-13-4-14-37-65)82-52-28-46-73-72-42-19-25-53-89(72)106-96(73)82/h1-61H. The minimum Gasteiger partial charge on any atom is -0.458 e. The summed E-state index contributed by atoms with van der Waals surface area (Å²) in [4.78, 5) is 12.6. The summed E-state index contributed by atoms with van der Waals surface area (Å²) in [7, 11) is 0. The van der Waals surface area contributed by atoms with Crippen LogP contribution in [-0.2, 0) is 0 Å². The van der Waals surface area contributed by atoms with Crippen molar-refractivity contribution in [1.82, 2.24) is 0 Å². The lowest BCUT2D eigenvalue weighted by atomic mass is 9.30. The Bertz CT molecular complexity index is 6500. The lowest BCUT2D eigenvalue weighted by molar-refractivity contribution is 0.488. The predicted octanol–water partition coefficient (Wildman–Crippen LogP) is 23.2. The van der Waals surface area contributed by atoms with Gasteiger partial charge in [0.15, 0.2) is 0 Å². The van der Waals surface area contributed by atoms with E-state index in [1.165, 1.54) is 62.2 Å². The van der Waals surface area contributed by atoms with Crippen LogP contribution in [0.15, 0.2) is 370 Å². The minimum atomic E-state index is -0.259. The normalized spacial score (nSPS) is 12.9. The van der Waals surface area contributed by atoms with Gasteiger partial charge < -0.3 is 29.2 Å². The third-order valence-electron chi connectivity index (χ3n) is 22.0. The number of fused-ring (bicyclic) bond motifs is 14. The van der Waals surface area contributed by atoms with Gasteiger partial charge in [0.2, 0.25) is 0 Å². The van der Waals surface area contributed by atoms with Crippen molar-refractivity contribution in [2.24, 2.45) is 0 Å². The fourth-order valence-corrected chi connectivity index (χ4v) is 20.0. The van der Waals surface area contributed by atoms with Gasteiger partial charge in [-0.05, 0) is 153 Å². The SMILES string of the molecule is c1ccc(-c2cccc(-c3ccccc3)c2N2c3cc4c(cc3B3c5ccccc5N(c5ccccc5)c5cc(N(c6ccccc6)c6cccc7c6sc6ccccc67)cc2c53)B2c3ccccc3N(c3ccccc3)c3cc(N(c5ccccc5)c5cccc6sc7ccccc7c56)cc(c32)O4)cc1. The van der Waals surface area contributed by atoms with Crippen molar-refractivity contribution in [2.45, 2.75) is 0 Å². The average Bonchev–Trinajstić information content (AvgIpc) is 0.805. The van der Waals surface area contributed by atoms with Crippen molar-refractivity contribution in [3.05, 3.63) is 370 Å². The fourth-order valence-electron chi connectivity index (χ4n) is 17.7. The van der Waals surface area contributed by atoms with Crippen LogP contribution in [0.2, 0.25) is 0 Å². The lowest BCUT2D eigenvalue weighted by Crippen LogP contribution is -2.64. The van der Waals surface area contributed by atoms with Crippen LogP contribution in [0, 0.1) is 0 Å². The van der Waals surface area contributed by atoms with Crippen molar-refractivity contribution < 1.29 is 4.74 Å². The summed E-state index contributed by atoms with van der Waals surface area (Å²) in [6, 6.07) is 137. The van der Waals surface area contributed by atoms with E-state index in [0.717, 1.165) is 130 Å². The molecule has 0 saturated carbocycles. The molecule has 0 radical (unpaired) electrons. The van der Waals surface area contributed by atoms with E-state index in [1.807, 2.05) is 22.7 Å². The largest absolute Gasteiger partial charge is 0.458 e. The molecule has 0 atom stereocenters. The summed E-state index contributed by atoms with van der Waals surface area (Å²) in [6.45, 7) is -0.507. The maximum absolute atomic E-state index is 8.10. The second-order valence-corrected chi connectivity index (χ2v) is 29.9. The molecule has 6 heterocycles. The Kier molecular flexibility index (Phi) is 13.8. The monoisotopic (exact) mass is 1390 g/mol. The third kappa shape index (κ3) is 9.31. The molecule has 4 aliphatic rings. The lowest BCUT2D eigenvalue weighted by Gasteiger charge is -2.46. The molecule has 0 spiro atoms. The van der Waals surface area contributed by atoms with Gasteiger partial charge in [-0.2, -0.15) is 0 Å². The van der Waals surface area contributed by atoms with E-state index in [1.54, 1.807) is 0 Å². The Morgan fingerprint density at radius 3 is 1.35 bits per heavy atom. The van der Waals surface area contributed by atoms with Crippen LogP contribution < -0.4 is 62.0 Å². The van der Waals surface area contributed by atoms with Gasteiger partial charge in [-0.15, -0.1) is 22.7 Å². The van der Waals surface area contributed by atoms with E-state index in [-0.39, 0.29) is 13.4 Å². The molecule has 0 fully saturated rings. The molecule has 18 aromatic rings. The number of benzene rings is 16. The topological polar surface area (TPSA) is 25.4 Å². The van der Waals surface area contributed by atoms with Crippen molar-refractivity contribution in [3.8, 4) is 33.8 Å². The zero-order chi connectivity index (χ0) is 69.5. The molecule has 0 aliphatic carbocycles. The summed E-state index contributed by atoms with van der Waals surface area (Å²) < 4.78 is 13.1. The summed E-state index contributed by atoms with van der Waals surface area (Å²) in [5.74, 6) is 1.61. The molecule has 22 rings (SSSR count). The molecule has 0 saturated heterocycles. The van der Waals surface area contributed by atoms with Crippen LogP contribution in [0.4, 0.5) is 85.3 Å². The molecule has 10 heteroatoms. The Morgan fingerprint density at radius 2 is 0.726 bits per heavy atom. The highest BCUT2D eigenvalue weighted by molar-refractivity contribution is 7.26. The second-order valence-electron chi connectivity index (χ2n) is 27.8. The van der Waals surface area contributed by atoms with E-state index in [0.29, 0.717) is 0 Å². The van der Waals surface area contributed by atoms with Crippen LogP contribution in [0.3, 0.4) is 0 Å². The van der Waals surface area contributed by atoms with E-state index >= 15 is 0 Å². The van der Waals surface area contributed by atoms with Gasteiger partial charge in [-0.3, -0.25) is 0 Å². The summed E-state index contributed by atoms with van der Waals surface area (Å²) >= 11 is 3.71. The first-order valence-corrected chi connectivity index (χ1v) is 37.9. The maximum atomic E-state index is 8.10. The predicted molar refractivity (Wildman–Crippen MR) is 452 cm³/mol. The molecule has 0 unspecified atom stereocenters. The number of anilines is 15. The minimum absolute atomic E-state index is 0.248. The maximum Gasteiger partial charge on any atom is 0.256 e. The summed E-state index contributed by atoms with van der Waals surface area (Å²) in [6.07, 6.45) is 0. The fraction of sp³-hybridized carbons (Fsp3) is 0. The zero-order valence-electron chi connectivity index (χ0n) is 57.3. The highest BCUT2D eigenvalue weighted by Gasteiger charge is 2.49. The molecule has 0 amide bonds. The highest BCUT2D eigenvalue weighted by Crippen LogP contribution is 2.56. The molecule has 6 nitrogen and oxygen atoms in total. The van der Waals surface area contributed by atoms with Crippen LogP contribution in [0.1, 0.15) is 0 Å². The first-order valence-electron chi connectivity index (χ1n) is 36.3. The molecular weight excluding hydrogens is 1320 g/mol. The zero-order valence-corrected chi connectivity index (χ0v) is 59.0. The second kappa shape index (κ2) is 24.3. The van der Waals surface area contributed by atoms with E-state index in [9.17, 15) is 0 Å².